The Morgan fingerprint density at radius 2 is 2.00 bits per heavy atom. The molecule has 9 heteroatoms. The van der Waals surface area contributed by atoms with Crippen LogP contribution in [-0.4, -0.2) is 24.7 Å². The quantitative estimate of drug-likeness (QED) is 0.584. The molecule has 0 saturated heterocycles. The number of hydrogen-bond acceptors (Lipinski definition) is 6. The van der Waals surface area contributed by atoms with Crippen molar-refractivity contribution in [1.82, 2.24) is 19.7 Å². The Morgan fingerprint density at radius 3 is 2.62 bits per heavy atom. The number of benzene rings is 1. The van der Waals surface area contributed by atoms with Crippen molar-refractivity contribution in [3.05, 3.63) is 64.0 Å². The van der Waals surface area contributed by atoms with Crippen LogP contribution < -0.4 is 5.32 Å². The maximum atomic E-state index is 13.8. The molecule has 3 aromatic rings. The SMILES string of the molecule is Cc1cc(C)n(-c2ncnc(Nc3ccccc3F)c2[N+](=O)[O-])n1. The Bertz CT molecular complexity index is 924. The summed E-state index contributed by atoms with van der Waals surface area (Å²) in [7, 11) is 0. The lowest BCUT2D eigenvalue weighted by Gasteiger charge is -2.10. The normalized spacial score (nSPS) is 10.6. The molecule has 2 heterocycles. The van der Waals surface area contributed by atoms with Gasteiger partial charge in [-0.05, 0) is 32.0 Å². The minimum atomic E-state index is -0.616. The van der Waals surface area contributed by atoms with E-state index in [-0.39, 0.29) is 23.0 Å². The number of nitro groups is 1. The third-order valence-electron chi connectivity index (χ3n) is 3.32. The molecule has 0 fully saturated rings. The Morgan fingerprint density at radius 1 is 1.25 bits per heavy atom. The molecule has 0 radical (unpaired) electrons. The lowest BCUT2D eigenvalue weighted by atomic mass is 10.3. The van der Waals surface area contributed by atoms with E-state index in [1.807, 2.05) is 0 Å². The van der Waals surface area contributed by atoms with Gasteiger partial charge in [-0.15, -0.1) is 0 Å². The second-order valence-electron chi connectivity index (χ2n) is 5.10. The van der Waals surface area contributed by atoms with Gasteiger partial charge in [0, 0.05) is 5.69 Å². The van der Waals surface area contributed by atoms with E-state index in [1.165, 1.54) is 29.2 Å². The molecule has 0 aliphatic heterocycles. The summed E-state index contributed by atoms with van der Waals surface area (Å²) in [5.41, 5.74) is 1.08. The van der Waals surface area contributed by atoms with Gasteiger partial charge in [-0.2, -0.15) is 5.10 Å². The molecule has 0 aliphatic rings. The van der Waals surface area contributed by atoms with Crippen molar-refractivity contribution >= 4 is 17.2 Å². The number of nitrogens with zero attached hydrogens (tertiary/aromatic N) is 5. The molecular weight excluding hydrogens is 315 g/mol. The molecule has 0 unspecified atom stereocenters. The number of hydrogen-bond donors (Lipinski definition) is 1. The van der Waals surface area contributed by atoms with Crippen LogP contribution in [0.1, 0.15) is 11.4 Å². The van der Waals surface area contributed by atoms with Crippen molar-refractivity contribution < 1.29 is 9.31 Å². The molecule has 1 aromatic carbocycles. The fraction of sp³-hybridized carbons (Fsp3) is 0.133. The highest BCUT2D eigenvalue weighted by Crippen LogP contribution is 2.31. The van der Waals surface area contributed by atoms with Gasteiger partial charge in [0.2, 0.25) is 11.6 Å². The van der Waals surface area contributed by atoms with Gasteiger partial charge in [0.1, 0.15) is 12.1 Å². The molecule has 0 amide bonds. The lowest BCUT2D eigenvalue weighted by molar-refractivity contribution is -0.384. The Balaban J connectivity index is 2.14. The molecule has 0 aliphatic carbocycles. The van der Waals surface area contributed by atoms with E-state index in [0.717, 1.165) is 0 Å². The molecule has 2 aromatic heterocycles. The first-order chi connectivity index (χ1) is 11.5. The van der Waals surface area contributed by atoms with Gasteiger partial charge in [-0.1, -0.05) is 12.1 Å². The van der Waals surface area contributed by atoms with Crippen LogP contribution in [0, 0.1) is 29.8 Å². The Kier molecular flexibility index (Phi) is 3.90. The number of nitrogens with one attached hydrogen (secondary N) is 1. The van der Waals surface area contributed by atoms with E-state index in [2.05, 4.69) is 20.4 Å². The molecule has 8 nitrogen and oxygen atoms in total. The van der Waals surface area contributed by atoms with Gasteiger partial charge in [0.25, 0.3) is 0 Å². The fourth-order valence-corrected chi connectivity index (χ4v) is 2.32. The van der Waals surface area contributed by atoms with E-state index >= 15 is 0 Å². The second kappa shape index (κ2) is 6.03. The number of rotatable bonds is 4. The average Bonchev–Trinajstić information content (AvgIpc) is 2.87. The van der Waals surface area contributed by atoms with Gasteiger partial charge in [-0.3, -0.25) is 10.1 Å². The zero-order chi connectivity index (χ0) is 17.3. The summed E-state index contributed by atoms with van der Waals surface area (Å²) in [6.45, 7) is 3.53. The number of anilines is 2. The number of aromatic nitrogens is 4. The fourth-order valence-electron chi connectivity index (χ4n) is 2.32. The third-order valence-corrected chi connectivity index (χ3v) is 3.32. The molecular formula is C15H13FN6O2. The predicted octanol–water partition coefficient (Wildman–Crippen LogP) is 3.07. The standard InChI is InChI=1S/C15H13FN6O2/c1-9-7-10(2)21(20-9)15-13(22(23)24)14(17-8-18-15)19-12-6-4-3-5-11(12)16/h3-8H,1-2H3,(H,17,18,19). The van der Waals surface area contributed by atoms with Crippen LogP contribution in [0.4, 0.5) is 21.6 Å². The first-order valence-electron chi connectivity index (χ1n) is 7.02. The molecule has 24 heavy (non-hydrogen) atoms. The molecule has 0 saturated carbocycles. The minimum Gasteiger partial charge on any atom is -0.332 e. The van der Waals surface area contributed by atoms with Gasteiger partial charge in [0.15, 0.2) is 0 Å². The van der Waals surface area contributed by atoms with Crippen LogP contribution in [0.3, 0.4) is 0 Å². The molecule has 0 bridgehead atoms. The van der Waals surface area contributed by atoms with E-state index in [0.29, 0.717) is 11.4 Å². The van der Waals surface area contributed by atoms with Crippen molar-refractivity contribution in [2.45, 2.75) is 13.8 Å². The predicted molar refractivity (Wildman–Crippen MR) is 85.0 cm³/mol. The molecule has 1 N–H and O–H groups in total. The average molecular weight is 328 g/mol. The topological polar surface area (TPSA) is 98.8 Å². The molecule has 0 spiro atoms. The summed E-state index contributed by atoms with van der Waals surface area (Å²) < 4.78 is 15.2. The van der Waals surface area contributed by atoms with E-state index < -0.39 is 10.7 Å². The second-order valence-corrected chi connectivity index (χ2v) is 5.10. The maximum absolute atomic E-state index is 13.8. The summed E-state index contributed by atoms with van der Waals surface area (Å²) in [5, 5.41) is 18.4. The van der Waals surface area contributed by atoms with Crippen LogP contribution in [-0.2, 0) is 0 Å². The number of aryl methyl sites for hydroxylation is 2. The largest absolute Gasteiger partial charge is 0.355 e. The summed E-state index contributed by atoms with van der Waals surface area (Å²) in [6, 6.07) is 7.62. The van der Waals surface area contributed by atoms with Crippen molar-refractivity contribution in [2.24, 2.45) is 0 Å². The highest BCUT2D eigenvalue weighted by atomic mass is 19.1. The Labute approximate surface area is 136 Å². The van der Waals surface area contributed by atoms with Crippen LogP contribution in [0.5, 0.6) is 0 Å². The number of para-hydroxylation sites is 1. The third kappa shape index (κ3) is 2.78. The smallest absolute Gasteiger partial charge is 0.332 e. The van der Waals surface area contributed by atoms with Crippen molar-refractivity contribution in [3.8, 4) is 5.82 Å². The lowest BCUT2D eigenvalue weighted by Crippen LogP contribution is -2.10. The zero-order valence-corrected chi connectivity index (χ0v) is 12.9. The highest BCUT2D eigenvalue weighted by molar-refractivity contribution is 5.70. The van der Waals surface area contributed by atoms with E-state index in [4.69, 9.17) is 0 Å². The van der Waals surface area contributed by atoms with Gasteiger partial charge < -0.3 is 5.32 Å². The monoisotopic (exact) mass is 328 g/mol. The van der Waals surface area contributed by atoms with Gasteiger partial charge >= 0.3 is 5.69 Å². The number of halogens is 1. The summed E-state index contributed by atoms with van der Waals surface area (Å²) >= 11 is 0. The molecule has 0 atom stereocenters. The van der Waals surface area contributed by atoms with Crippen LogP contribution >= 0.6 is 0 Å². The van der Waals surface area contributed by atoms with Crippen LogP contribution in [0.25, 0.3) is 5.82 Å². The zero-order valence-electron chi connectivity index (χ0n) is 12.9. The van der Waals surface area contributed by atoms with Crippen molar-refractivity contribution in [1.29, 1.82) is 0 Å². The van der Waals surface area contributed by atoms with E-state index in [1.54, 1.807) is 26.0 Å². The highest BCUT2D eigenvalue weighted by Gasteiger charge is 2.26. The first kappa shape index (κ1) is 15.5. The summed E-state index contributed by atoms with van der Waals surface area (Å²) in [4.78, 5) is 18.8. The van der Waals surface area contributed by atoms with Crippen molar-refractivity contribution in [3.63, 3.8) is 0 Å². The maximum Gasteiger partial charge on any atom is 0.355 e. The molecule has 122 valence electrons. The summed E-state index contributed by atoms with van der Waals surface area (Å²) in [5.74, 6) is -0.639. The van der Waals surface area contributed by atoms with Crippen LogP contribution in [0.2, 0.25) is 0 Å². The Hall–Kier alpha value is -3.36. The first-order valence-corrected chi connectivity index (χ1v) is 7.02. The van der Waals surface area contributed by atoms with Gasteiger partial charge in [0.05, 0.1) is 16.3 Å². The van der Waals surface area contributed by atoms with Crippen LogP contribution in [0.15, 0.2) is 36.7 Å². The summed E-state index contributed by atoms with van der Waals surface area (Å²) in [6.07, 6.45) is 1.17. The van der Waals surface area contributed by atoms with Gasteiger partial charge in [-0.25, -0.2) is 19.0 Å². The van der Waals surface area contributed by atoms with Crippen molar-refractivity contribution in [2.75, 3.05) is 5.32 Å². The van der Waals surface area contributed by atoms with E-state index in [9.17, 15) is 14.5 Å². The molecule has 3 rings (SSSR count). The minimum absolute atomic E-state index is 0.0134.